The van der Waals surface area contributed by atoms with Crippen LogP contribution in [0.2, 0.25) is 0 Å². The maximum Gasteiger partial charge on any atom is 0.211 e. The van der Waals surface area contributed by atoms with E-state index in [1.165, 1.54) is 12.8 Å². The van der Waals surface area contributed by atoms with E-state index in [0.29, 0.717) is 18.4 Å². The van der Waals surface area contributed by atoms with E-state index < -0.39 is 10.0 Å². The van der Waals surface area contributed by atoms with Crippen LogP contribution in [0.1, 0.15) is 52.4 Å². The standard InChI is InChI=1S/C13H28N2O2S/c1-3-6-13(7-8-13)12-15-18(16,17)11-5-10-14-9-4-2/h14-15H,3-12H2,1-2H3. The summed E-state index contributed by atoms with van der Waals surface area (Å²) in [7, 11) is -3.07. The Morgan fingerprint density at radius 1 is 1.11 bits per heavy atom. The van der Waals surface area contributed by atoms with Gasteiger partial charge in [0.15, 0.2) is 0 Å². The van der Waals surface area contributed by atoms with Crippen molar-refractivity contribution >= 4 is 10.0 Å². The van der Waals surface area contributed by atoms with E-state index in [4.69, 9.17) is 0 Å². The van der Waals surface area contributed by atoms with Crippen molar-refractivity contribution in [2.24, 2.45) is 5.41 Å². The second kappa shape index (κ2) is 7.46. The van der Waals surface area contributed by atoms with Crippen molar-refractivity contribution in [3.63, 3.8) is 0 Å². The van der Waals surface area contributed by atoms with Crippen molar-refractivity contribution in [1.29, 1.82) is 0 Å². The smallest absolute Gasteiger partial charge is 0.211 e. The Morgan fingerprint density at radius 2 is 1.83 bits per heavy atom. The average Bonchev–Trinajstić information content (AvgIpc) is 3.08. The first-order chi connectivity index (χ1) is 8.54. The summed E-state index contributed by atoms with van der Waals surface area (Å²) in [5.74, 6) is 0.242. The van der Waals surface area contributed by atoms with Crippen molar-refractivity contribution in [3.05, 3.63) is 0 Å². The summed E-state index contributed by atoms with van der Waals surface area (Å²) >= 11 is 0. The molecule has 0 saturated heterocycles. The highest BCUT2D eigenvalue weighted by atomic mass is 32.2. The summed E-state index contributed by atoms with van der Waals surface area (Å²) in [6.07, 6.45) is 6.43. The zero-order chi connectivity index (χ0) is 13.5. The Hall–Kier alpha value is -0.130. The van der Waals surface area contributed by atoms with Gasteiger partial charge in [0, 0.05) is 6.54 Å². The Morgan fingerprint density at radius 3 is 2.39 bits per heavy atom. The minimum atomic E-state index is -3.07. The lowest BCUT2D eigenvalue weighted by Crippen LogP contribution is -2.33. The van der Waals surface area contributed by atoms with Crippen LogP contribution in [0.3, 0.4) is 0 Å². The van der Waals surface area contributed by atoms with Gasteiger partial charge in [-0.05, 0) is 50.6 Å². The molecule has 1 saturated carbocycles. The molecule has 0 aromatic carbocycles. The lowest BCUT2D eigenvalue weighted by Gasteiger charge is -2.15. The van der Waals surface area contributed by atoms with Crippen LogP contribution in [0.25, 0.3) is 0 Å². The highest BCUT2D eigenvalue weighted by Crippen LogP contribution is 2.48. The molecular weight excluding hydrogens is 248 g/mol. The van der Waals surface area contributed by atoms with E-state index in [1.54, 1.807) is 0 Å². The third-order valence-corrected chi connectivity index (χ3v) is 5.01. The number of sulfonamides is 1. The molecule has 108 valence electrons. The van der Waals surface area contributed by atoms with Gasteiger partial charge in [0.05, 0.1) is 5.75 Å². The zero-order valence-corrected chi connectivity index (χ0v) is 12.6. The molecular formula is C13H28N2O2S. The van der Waals surface area contributed by atoms with Crippen LogP contribution in [-0.4, -0.2) is 33.8 Å². The molecule has 0 aliphatic heterocycles. The Labute approximate surface area is 112 Å². The van der Waals surface area contributed by atoms with Gasteiger partial charge in [0.25, 0.3) is 0 Å². The Bertz CT molecular complexity index is 324. The molecule has 1 aliphatic carbocycles. The highest BCUT2D eigenvalue weighted by molar-refractivity contribution is 7.89. The molecule has 0 heterocycles. The third-order valence-electron chi connectivity index (χ3n) is 3.60. The predicted octanol–water partition coefficient (Wildman–Crippen LogP) is 1.88. The summed E-state index contributed by atoms with van der Waals surface area (Å²) in [5.41, 5.74) is 0.294. The molecule has 0 amide bonds. The molecule has 1 rings (SSSR count). The summed E-state index contributed by atoms with van der Waals surface area (Å²) in [6.45, 7) is 6.66. The first-order valence-electron chi connectivity index (χ1n) is 7.22. The van der Waals surface area contributed by atoms with Gasteiger partial charge in [0.1, 0.15) is 0 Å². The second-order valence-electron chi connectivity index (χ2n) is 5.49. The van der Waals surface area contributed by atoms with Crippen LogP contribution >= 0.6 is 0 Å². The third kappa shape index (κ3) is 6.16. The number of nitrogens with one attached hydrogen (secondary N) is 2. The maximum absolute atomic E-state index is 11.8. The largest absolute Gasteiger partial charge is 0.317 e. The molecule has 0 bridgehead atoms. The van der Waals surface area contributed by atoms with Gasteiger partial charge < -0.3 is 5.32 Å². The van der Waals surface area contributed by atoms with Crippen LogP contribution in [0.5, 0.6) is 0 Å². The number of rotatable bonds is 11. The summed E-state index contributed by atoms with van der Waals surface area (Å²) in [4.78, 5) is 0. The molecule has 1 fully saturated rings. The van der Waals surface area contributed by atoms with Gasteiger partial charge in [-0.1, -0.05) is 20.3 Å². The normalized spacial score (nSPS) is 17.9. The van der Waals surface area contributed by atoms with Crippen molar-refractivity contribution in [1.82, 2.24) is 10.0 Å². The molecule has 0 aromatic heterocycles. The second-order valence-corrected chi connectivity index (χ2v) is 7.42. The highest BCUT2D eigenvalue weighted by Gasteiger charge is 2.41. The minimum absolute atomic E-state index is 0.242. The van der Waals surface area contributed by atoms with Crippen molar-refractivity contribution in [3.8, 4) is 0 Å². The fraction of sp³-hybridized carbons (Fsp3) is 1.00. The molecule has 0 aromatic rings. The van der Waals surface area contributed by atoms with Crippen LogP contribution in [0.4, 0.5) is 0 Å². The fourth-order valence-corrected chi connectivity index (χ4v) is 3.44. The quantitative estimate of drug-likeness (QED) is 0.566. The molecule has 1 aliphatic rings. The van der Waals surface area contributed by atoms with E-state index >= 15 is 0 Å². The van der Waals surface area contributed by atoms with Crippen LogP contribution in [0, 0.1) is 5.41 Å². The van der Waals surface area contributed by atoms with Crippen molar-refractivity contribution in [2.45, 2.75) is 52.4 Å². The lowest BCUT2D eigenvalue weighted by atomic mass is 10.0. The first kappa shape index (κ1) is 15.9. The van der Waals surface area contributed by atoms with Crippen LogP contribution < -0.4 is 10.0 Å². The van der Waals surface area contributed by atoms with E-state index in [9.17, 15) is 8.42 Å². The zero-order valence-electron chi connectivity index (χ0n) is 11.8. The minimum Gasteiger partial charge on any atom is -0.317 e. The van der Waals surface area contributed by atoms with Gasteiger partial charge in [-0.2, -0.15) is 0 Å². The van der Waals surface area contributed by atoms with Crippen LogP contribution in [-0.2, 0) is 10.0 Å². The molecule has 2 N–H and O–H groups in total. The van der Waals surface area contributed by atoms with E-state index in [2.05, 4.69) is 23.9 Å². The van der Waals surface area contributed by atoms with Gasteiger partial charge in [-0.25, -0.2) is 13.1 Å². The fourth-order valence-electron chi connectivity index (χ4n) is 2.25. The molecule has 4 nitrogen and oxygen atoms in total. The molecule has 0 unspecified atom stereocenters. The maximum atomic E-state index is 11.8. The molecule has 0 atom stereocenters. The van der Waals surface area contributed by atoms with E-state index in [1.807, 2.05) is 0 Å². The SMILES string of the molecule is CCCNCCCS(=O)(=O)NCC1(CCC)CC1. The molecule has 0 spiro atoms. The average molecular weight is 276 g/mol. The Kier molecular flexibility index (Phi) is 6.60. The Balaban J connectivity index is 2.15. The monoisotopic (exact) mass is 276 g/mol. The topological polar surface area (TPSA) is 58.2 Å². The number of hydrogen-bond donors (Lipinski definition) is 2. The van der Waals surface area contributed by atoms with Crippen molar-refractivity contribution < 1.29 is 8.42 Å². The summed E-state index contributed by atoms with van der Waals surface area (Å²) in [5, 5.41) is 3.22. The van der Waals surface area contributed by atoms with Gasteiger partial charge in [-0.15, -0.1) is 0 Å². The van der Waals surface area contributed by atoms with Crippen molar-refractivity contribution in [2.75, 3.05) is 25.4 Å². The predicted molar refractivity (Wildman–Crippen MR) is 76.1 cm³/mol. The summed E-state index contributed by atoms with van der Waals surface area (Å²) in [6, 6.07) is 0. The molecule has 0 radical (unpaired) electrons. The van der Waals surface area contributed by atoms with E-state index in [-0.39, 0.29) is 5.75 Å². The first-order valence-corrected chi connectivity index (χ1v) is 8.87. The molecule has 5 heteroatoms. The number of hydrogen-bond acceptors (Lipinski definition) is 3. The molecule has 18 heavy (non-hydrogen) atoms. The summed E-state index contributed by atoms with van der Waals surface area (Å²) < 4.78 is 26.4. The van der Waals surface area contributed by atoms with Gasteiger partial charge in [-0.3, -0.25) is 0 Å². The van der Waals surface area contributed by atoms with E-state index in [0.717, 1.165) is 32.4 Å². The van der Waals surface area contributed by atoms with Gasteiger partial charge in [0.2, 0.25) is 10.0 Å². The van der Waals surface area contributed by atoms with Gasteiger partial charge >= 0.3 is 0 Å². The lowest BCUT2D eigenvalue weighted by molar-refractivity contribution is 0.449. The van der Waals surface area contributed by atoms with Crippen LogP contribution in [0.15, 0.2) is 0 Å².